The van der Waals surface area contributed by atoms with E-state index in [9.17, 15) is 5.11 Å². The van der Waals surface area contributed by atoms with Crippen LogP contribution in [0.3, 0.4) is 0 Å². The van der Waals surface area contributed by atoms with Crippen molar-refractivity contribution in [3.8, 4) is 22.5 Å². The van der Waals surface area contributed by atoms with Crippen molar-refractivity contribution in [1.29, 1.82) is 0 Å². The van der Waals surface area contributed by atoms with Gasteiger partial charge in [0.05, 0.1) is 12.3 Å². The first-order valence-electron chi connectivity index (χ1n) is 7.79. The summed E-state index contributed by atoms with van der Waals surface area (Å²) in [6.07, 6.45) is 1.74. The molecule has 0 spiro atoms. The van der Waals surface area contributed by atoms with Crippen LogP contribution in [0, 0.1) is 0 Å². The van der Waals surface area contributed by atoms with Crippen LogP contribution in [0.2, 0.25) is 0 Å². The third kappa shape index (κ3) is 3.28. The number of aromatic nitrogens is 5. The minimum Gasteiger partial charge on any atom is -0.390 e. The number of aromatic amines is 1. The number of thioether (sulfide) groups is 1. The highest BCUT2D eigenvalue weighted by molar-refractivity contribution is 8.00. The Balaban J connectivity index is 1.80. The zero-order valence-electron chi connectivity index (χ0n) is 13.2. The number of pyridine rings is 1. The van der Waals surface area contributed by atoms with E-state index in [0.29, 0.717) is 16.8 Å². The lowest BCUT2D eigenvalue weighted by atomic mass is 10.0. The second kappa shape index (κ2) is 7.12. The van der Waals surface area contributed by atoms with E-state index in [1.165, 1.54) is 0 Å². The number of nitrogens with zero attached hydrogens (tertiary/aromatic N) is 4. The molecule has 0 atom stereocenters. The predicted octanol–water partition coefficient (Wildman–Crippen LogP) is 1.77. The number of benzene rings is 1. The van der Waals surface area contributed by atoms with Crippen molar-refractivity contribution in [2.75, 3.05) is 13.1 Å². The van der Waals surface area contributed by atoms with Crippen LogP contribution in [-0.2, 0) is 6.61 Å². The van der Waals surface area contributed by atoms with Gasteiger partial charge in [0.25, 0.3) is 0 Å². The predicted molar refractivity (Wildman–Crippen MR) is 98.5 cm³/mol. The molecule has 9 heteroatoms. The van der Waals surface area contributed by atoms with E-state index in [1.807, 2.05) is 12.1 Å². The molecule has 0 saturated carbocycles. The number of tetrazole rings is 1. The molecule has 25 heavy (non-hydrogen) atoms. The van der Waals surface area contributed by atoms with Crippen LogP contribution in [0.1, 0.15) is 5.69 Å². The van der Waals surface area contributed by atoms with Crippen molar-refractivity contribution >= 4 is 24.4 Å². The van der Waals surface area contributed by atoms with Gasteiger partial charge in [-0.25, -0.2) is 0 Å². The van der Waals surface area contributed by atoms with E-state index >= 15 is 0 Å². The molecule has 3 heterocycles. The van der Waals surface area contributed by atoms with Crippen molar-refractivity contribution < 1.29 is 5.11 Å². The second-order valence-corrected chi connectivity index (χ2v) is 7.45. The number of hydrogen-bond donors (Lipinski definition) is 4. The van der Waals surface area contributed by atoms with E-state index < -0.39 is 0 Å². The van der Waals surface area contributed by atoms with Gasteiger partial charge in [-0.2, -0.15) is 5.21 Å². The molecule has 1 aliphatic rings. The first-order valence-corrected chi connectivity index (χ1v) is 9.12. The maximum absolute atomic E-state index is 9.18. The standard InChI is InChI=1S/C16H16N6OS2/c23-8-10-2-1-9(5-18-10)12-3-4-13(25-11-6-17-7-11)15(24)14(12)16-19-21-22-20-16/h1-5,11,17,23-24H,6-8H2,(H,19,20,21,22). The molecule has 7 nitrogen and oxygen atoms in total. The SMILES string of the molecule is OCc1ccc(-c2ccc(SC3CNC3)c(S)c2-c2nn[nH]n2)cn1. The summed E-state index contributed by atoms with van der Waals surface area (Å²) in [4.78, 5) is 6.20. The Morgan fingerprint density at radius 3 is 2.72 bits per heavy atom. The van der Waals surface area contributed by atoms with E-state index in [1.54, 1.807) is 24.0 Å². The van der Waals surface area contributed by atoms with Gasteiger partial charge < -0.3 is 10.4 Å². The molecule has 3 N–H and O–H groups in total. The highest BCUT2D eigenvalue weighted by Gasteiger charge is 2.23. The molecule has 0 radical (unpaired) electrons. The second-order valence-electron chi connectivity index (χ2n) is 5.66. The third-order valence-corrected chi connectivity index (χ3v) is 5.92. The molecule has 128 valence electrons. The topological polar surface area (TPSA) is 99.6 Å². The summed E-state index contributed by atoms with van der Waals surface area (Å²) in [7, 11) is 0. The van der Waals surface area contributed by atoms with Crippen LogP contribution in [0.15, 0.2) is 40.3 Å². The molecule has 2 aromatic heterocycles. The summed E-state index contributed by atoms with van der Waals surface area (Å²) in [6, 6.07) is 7.84. The zero-order chi connectivity index (χ0) is 17.2. The van der Waals surface area contributed by atoms with Gasteiger partial charge in [-0.3, -0.25) is 4.98 Å². The minimum absolute atomic E-state index is 0.0825. The van der Waals surface area contributed by atoms with E-state index in [4.69, 9.17) is 12.6 Å². The van der Waals surface area contributed by atoms with E-state index in [2.05, 4.69) is 37.0 Å². The highest BCUT2D eigenvalue weighted by Crippen LogP contribution is 2.41. The lowest BCUT2D eigenvalue weighted by molar-refractivity contribution is 0.277. The molecule has 1 saturated heterocycles. The summed E-state index contributed by atoms with van der Waals surface area (Å²) < 4.78 is 0. The van der Waals surface area contributed by atoms with Gasteiger partial charge in [0.2, 0.25) is 5.82 Å². The summed E-state index contributed by atoms with van der Waals surface area (Å²) >= 11 is 6.58. The maximum Gasteiger partial charge on any atom is 0.206 e. The maximum atomic E-state index is 9.18. The molecule has 0 aliphatic carbocycles. The molecule has 0 unspecified atom stereocenters. The van der Waals surface area contributed by atoms with Crippen LogP contribution >= 0.6 is 24.4 Å². The summed E-state index contributed by atoms with van der Waals surface area (Å²) in [5.41, 5.74) is 3.29. The lowest BCUT2D eigenvalue weighted by Gasteiger charge is -2.27. The molecular weight excluding hydrogens is 356 g/mol. The van der Waals surface area contributed by atoms with Crippen LogP contribution in [0.5, 0.6) is 0 Å². The number of thiol groups is 1. The fourth-order valence-electron chi connectivity index (χ4n) is 2.60. The Hall–Kier alpha value is -1.94. The van der Waals surface area contributed by atoms with Crippen molar-refractivity contribution in [2.45, 2.75) is 21.6 Å². The van der Waals surface area contributed by atoms with Gasteiger partial charge in [-0.05, 0) is 22.9 Å². The molecule has 4 rings (SSSR count). The Labute approximate surface area is 154 Å². The quantitative estimate of drug-likeness (QED) is 0.507. The number of hydrogen-bond acceptors (Lipinski definition) is 8. The normalized spacial score (nSPS) is 14.5. The van der Waals surface area contributed by atoms with Crippen LogP contribution < -0.4 is 5.32 Å². The minimum atomic E-state index is -0.0825. The smallest absolute Gasteiger partial charge is 0.206 e. The lowest BCUT2D eigenvalue weighted by Crippen LogP contribution is -2.44. The molecule has 0 amide bonds. The van der Waals surface area contributed by atoms with Gasteiger partial charge in [0.1, 0.15) is 0 Å². The summed E-state index contributed by atoms with van der Waals surface area (Å²) in [5.74, 6) is 0.500. The Bertz CT molecular complexity index is 865. The summed E-state index contributed by atoms with van der Waals surface area (Å²) in [5, 5.41) is 27.5. The Morgan fingerprint density at radius 2 is 2.12 bits per heavy atom. The van der Waals surface area contributed by atoms with Crippen molar-refractivity contribution in [2.24, 2.45) is 0 Å². The fraction of sp³-hybridized carbons (Fsp3) is 0.250. The molecule has 1 aliphatic heterocycles. The number of aliphatic hydroxyl groups excluding tert-OH is 1. The van der Waals surface area contributed by atoms with Gasteiger partial charge in [0, 0.05) is 45.5 Å². The fourth-order valence-corrected chi connectivity index (χ4v) is 4.18. The molecule has 1 aromatic carbocycles. The van der Waals surface area contributed by atoms with Gasteiger partial charge in [0.15, 0.2) is 0 Å². The van der Waals surface area contributed by atoms with Crippen molar-refractivity contribution in [3.63, 3.8) is 0 Å². The molecular formula is C16H16N6OS2. The number of nitrogens with one attached hydrogen (secondary N) is 2. The first kappa shape index (κ1) is 16.5. The Kier molecular flexibility index (Phi) is 4.71. The molecule has 3 aromatic rings. The monoisotopic (exact) mass is 372 g/mol. The number of aliphatic hydroxyl groups is 1. The molecule has 0 bridgehead atoms. The van der Waals surface area contributed by atoms with E-state index in [-0.39, 0.29) is 6.61 Å². The molecule has 1 fully saturated rings. The van der Waals surface area contributed by atoms with Gasteiger partial charge >= 0.3 is 0 Å². The zero-order valence-corrected chi connectivity index (χ0v) is 14.9. The Morgan fingerprint density at radius 1 is 1.24 bits per heavy atom. The van der Waals surface area contributed by atoms with Gasteiger partial charge in [-0.15, -0.1) is 34.6 Å². The average molecular weight is 372 g/mol. The summed E-state index contributed by atoms with van der Waals surface area (Å²) in [6.45, 7) is 1.92. The van der Waals surface area contributed by atoms with Crippen molar-refractivity contribution in [3.05, 3.63) is 36.2 Å². The van der Waals surface area contributed by atoms with Crippen LogP contribution in [0.25, 0.3) is 22.5 Å². The number of H-pyrrole nitrogens is 1. The average Bonchev–Trinajstić information content (AvgIpc) is 3.13. The first-order chi connectivity index (χ1) is 12.3. The van der Waals surface area contributed by atoms with Crippen LogP contribution in [-0.4, -0.2) is 49.1 Å². The number of rotatable bonds is 5. The van der Waals surface area contributed by atoms with Gasteiger partial charge in [-0.1, -0.05) is 12.1 Å². The van der Waals surface area contributed by atoms with E-state index in [0.717, 1.165) is 39.6 Å². The van der Waals surface area contributed by atoms with Crippen molar-refractivity contribution in [1.82, 2.24) is 30.9 Å². The largest absolute Gasteiger partial charge is 0.390 e. The van der Waals surface area contributed by atoms with Crippen LogP contribution in [0.4, 0.5) is 0 Å². The third-order valence-electron chi connectivity index (χ3n) is 4.05. The highest BCUT2D eigenvalue weighted by atomic mass is 32.2.